The van der Waals surface area contributed by atoms with Crippen LogP contribution in [0.1, 0.15) is 16.7 Å². The number of para-hydroxylation sites is 1. The van der Waals surface area contributed by atoms with E-state index in [1.54, 1.807) is 0 Å². The zero-order valence-electron chi connectivity index (χ0n) is 10.4. The van der Waals surface area contributed by atoms with E-state index in [9.17, 15) is 0 Å². The molecule has 0 amide bonds. The first-order chi connectivity index (χ1) is 8.93. The van der Waals surface area contributed by atoms with Crippen LogP contribution in [0.5, 0.6) is 0 Å². The van der Waals surface area contributed by atoms with Gasteiger partial charge >= 0.3 is 0 Å². The second kappa shape index (κ2) is 5.23. The first-order valence-corrected chi connectivity index (χ1v) is 6.53. The molecule has 0 spiro atoms. The molecule has 0 aromatic heterocycles. The predicted molar refractivity (Wildman–Crippen MR) is 75.6 cm³/mol. The van der Waals surface area contributed by atoms with Crippen molar-refractivity contribution in [3.05, 3.63) is 65.2 Å². The van der Waals surface area contributed by atoms with Crippen LogP contribution in [0.15, 0.2) is 48.5 Å². The molecular formula is C16H18N2. The SMILES string of the molecule is c1ccc2c(c1)CCN2.c1ccc2c(c1)CNC2. The average molecular weight is 238 g/mol. The van der Waals surface area contributed by atoms with E-state index in [1.807, 2.05) is 0 Å². The molecule has 2 aromatic rings. The van der Waals surface area contributed by atoms with Crippen LogP contribution in [0.25, 0.3) is 0 Å². The highest BCUT2D eigenvalue weighted by Crippen LogP contribution is 2.19. The molecule has 0 fully saturated rings. The highest BCUT2D eigenvalue weighted by atomic mass is 14.9. The van der Waals surface area contributed by atoms with E-state index in [-0.39, 0.29) is 0 Å². The van der Waals surface area contributed by atoms with Gasteiger partial charge < -0.3 is 10.6 Å². The lowest BCUT2D eigenvalue weighted by Gasteiger charge is -1.94. The lowest BCUT2D eigenvalue weighted by atomic mass is 10.1. The molecule has 0 saturated heterocycles. The zero-order chi connectivity index (χ0) is 12.2. The Bertz CT molecular complexity index is 439. The zero-order valence-corrected chi connectivity index (χ0v) is 10.4. The van der Waals surface area contributed by atoms with Crippen LogP contribution in [0.2, 0.25) is 0 Å². The van der Waals surface area contributed by atoms with Gasteiger partial charge in [-0.2, -0.15) is 0 Å². The van der Waals surface area contributed by atoms with Gasteiger partial charge in [0.15, 0.2) is 0 Å². The Morgan fingerprint density at radius 3 is 2.00 bits per heavy atom. The highest BCUT2D eigenvalue weighted by Gasteiger charge is 2.06. The fraction of sp³-hybridized carbons (Fsp3) is 0.250. The van der Waals surface area contributed by atoms with E-state index in [0.717, 1.165) is 19.6 Å². The summed E-state index contributed by atoms with van der Waals surface area (Å²) < 4.78 is 0. The van der Waals surface area contributed by atoms with Gasteiger partial charge in [-0.3, -0.25) is 0 Å². The van der Waals surface area contributed by atoms with Crippen LogP contribution in [-0.2, 0) is 19.5 Å². The molecule has 0 unspecified atom stereocenters. The largest absolute Gasteiger partial charge is 0.384 e. The molecule has 2 heterocycles. The van der Waals surface area contributed by atoms with Crippen molar-refractivity contribution in [2.75, 3.05) is 11.9 Å². The summed E-state index contributed by atoms with van der Waals surface area (Å²) in [6.45, 7) is 3.21. The smallest absolute Gasteiger partial charge is 0.0373 e. The van der Waals surface area contributed by atoms with Crippen molar-refractivity contribution in [2.45, 2.75) is 19.5 Å². The fourth-order valence-corrected chi connectivity index (χ4v) is 2.48. The Labute approximate surface area is 108 Å². The maximum atomic E-state index is 3.30. The third-order valence-corrected chi connectivity index (χ3v) is 3.48. The van der Waals surface area contributed by atoms with Crippen LogP contribution in [-0.4, -0.2) is 6.54 Å². The first-order valence-electron chi connectivity index (χ1n) is 6.53. The molecule has 0 radical (unpaired) electrons. The minimum Gasteiger partial charge on any atom is -0.384 e. The second-order valence-electron chi connectivity index (χ2n) is 4.71. The van der Waals surface area contributed by atoms with Crippen molar-refractivity contribution in [3.8, 4) is 0 Å². The number of hydrogen-bond donors (Lipinski definition) is 2. The summed E-state index contributed by atoms with van der Waals surface area (Å²) in [5.41, 5.74) is 5.69. The maximum Gasteiger partial charge on any atom is 0.0373 e. The summed E-state index contributed by atoms with van der Waals surface area (Å²) in [4.78, 5) is 0. The third kappa shape index (κ3) is 2.39. The van der Waals surface area contributed by atoms with E-state index in [4.69, 9.17) is 0 Å². The van der Waals surface area contributed by atoms with Gasteiger partial charge in [-0.25, -0.2) is 0 Å². The van der Waals surface area contributed by atoms with Crippen molar-refractivity contribution >= 4 is 5.69 Å². The lowest BCUT2D eigenvalue weighted by Crippen LogP contribution is -1.99. The second-order valence-corrected chi connectivity index (χ2v) is 4.71. The molecule has 2 N–H and O–H groups in total. The maximum absolute atomic E-state index is 3.30. The van der Waals surface area contributed by atoms with Crippen LogP contribution >= 0.6 is 0 Å². The van der Waals surface area contributed by atoms with E-state index >= 15 is 0 Å². The van der Waals surface area contributed by atoms with E-state index in [0.29, 0.717) is 0 Å². The summed E-state index contributed by atoms with van der Waals surface area (Å²) in [5.74, 6) is 0. The van der Waals surface area contributed by atoms with Gasteiger partial charge in [0, 0.05) is 25.3 Å². The number of nitrogens with one attached hydrogen (secondary N) is 2. The molecule has 0 saturated carbocycles. The van der Waals surface area contributed by atoms with Gasteiger partial charge in [0.2, 0.25) is 0 Å². The standard InChI is InChI=1S/2C8H9N/c1-2-4-8-6-9-5-7(8)3-1;1-2-4-8-7(3-1)5-6-9-8/h2*1-4,9H,5-6H2. The molecule has 0 bridgehead atoms. The molecule has 92 valence electrons. The van der Waals surface area contributed by atoms with Crippen LogP contribution in [0.4, 0.5) is 5.69 Å². The van der Waals surface area contributed by atoms with Crippen molar-refractivity contribution < 1.29 is 0 Å². The molecule has 2 aliphatic rings. The van der Waals surface area contributed by atoms with E-state index in [1.165, 1.54) is 28.8 Å². The topological polar surface area (TPSA) is 24.1 Å². The average Bonchev–Trinajstić information content (AvgIpc) is 3.08. The minimum absolute atomic E-state index is 1.05. The summed E-state index contributed by atoms with van der Waals surface area (Å²) in [5, 5.41) is 6.59. The van der Waals surface area contributed by atoms with Gasteiger partial charge in [0.05, 0.1) is 0 Å². The monoisotopic (exact) mass is 238 g/mol. The van der Waals surface area contributed by atoms with Gasteiger partial charge in [0.25, 0.3) is 0 Å². The summed E-state index contributed by atoms with van der Waals surface area (Å²) in [7, 11) is 0. The van der Waals surface area contributed by atoms with Crippen LogP contribution < -0.4 is 10.6 Å². The first kappa shape index (κ1) is 11.3. The molecular weight excluding hydrogens is 220 g/mol. The fourth-order valence-electron chi connectivity index (χ4n) is 2.48. The van der Waals surface area contributed by atoms with Gasteiger partial charge in [-0.05, 0) is 29.2 Å². The number of fused-ring (bicyclic) bond motifs is 2. The normalized spacial score (nSPS) is 15.1. The van der Waals surface area contributed by atoms with Gasteiger partial charge in [-0.15, -0.1) is 0 Å². The number of rotatable bonds is 0. The Balaban J connectivity index is 0.000000111. The predicted octanol–water partition coefficient (Wildman–Crippen LogP) is 2.94. The molecule has 2 aliphatic heterocycles. The molecule has 2 aromatic carbocycles. The molecule has 2 heteroatoms. The number of benzene rings is 2. The summed E-state index contributed by atoms with van der Waals surface area (Å²) in [6, 6.07) is 17.0. The van der Waals surface area contributed by atoms with Crippen molar-refractivity contribution in [2.24, 2.45) is 0 Å². The van der Waals surface area contributed by atoms with Crippen molar-refractivity contribution in [3.63, 3.8) is 0 Å². The quantitative estimate of drug-likeness (QED) is 0.737. The van der Waals surface area contributed by atoms with Gasteiger partial charge in [-0.1, -0.05) is 42.5 Å². The third-order valence-electron chi connectivity index (χ3n) is 3.48. The molecule has 0 aliphatic carbocycles. The molecule has 4 rings (SSSR count). The molecule has 18 heavy (non-hydrogen) atoms. The molecule has 0 atom stereocenters. The van der Waals surface area contributed by atoms with E-state index in [2.05, 4.69) is 59.2 Å². The van der Waals surface area contributed by atoms with Crippen molar-refractivity contribution in [1.29, 1.82) is 0 Å². The van der Waals surface area contributed by atoms with Gasteiger partial charge in [0.1, 0.15) is 0 Å². The lowest BCUT2D eigenvalue weighted by molar-refractivity contribution is 0.765. The molecule has 2 nitrogen and oxygen atoms in total. The van der Waals surface area contributed by atoms with Crippen LogP contribution in [0, 0.1) is 0 Å². The Morgan fingerprint density at radius 2 is 1.33 bits per heavy atom. The Hall–Kier alpha value is -1.80. The Kier molecular flexibility index (Phi) is 3.29. The van der Waals surface area contributed by atoms with Crippen molar-refractivity contribution in [1.82, 2.24) is 5.32 Å². The van der Waals surface area contributed by atoms with E-state index < -0.39 is 0 Å². The number of hydrogen-bond acceptors (Lipinski definition) is 2. The minimum atomic E-state index is 1.05. The van der Waals surface area contributed by atoms with Crippen LogP contribution in [0.3, 0.4) is 0 Å². The summed E-state index contributed by atoms with van der Waals surface area (Å²) >= 11 is 0. The highest BCUT2D eigenvalue weighted by molar-refractivity contribution is 5.54. The Morgan fingerprint density at radius 1 is 0.722 bits per heavy atom. The number of anilines is 1. The summed E-state index contributed by atoms with van der Waals surface area (Å²) in [6.07, 6.45) is 1.19.